The molecule has 2 N–H and O–H groups in total. The second-order valence-corrected chi connectivity index (χ2v) is 4.63. The minimum absolute atomic E-state index is 0.0438. The fourth-order valence-electron chi connectivity index (χ4n) is 2.33. The summed E-state index contributed by atoms with van der Waals surface area (Å²) in [5, 5.41) is 6.09. The number of hydrogen-bond acceptors (Lipinski definition) is 3. The molecule has 0 aromatic rings. The standard InChI is InChI=1S/C11H19N3O2/c1-14-7-4-9(11(14)16)13-10(15)8-2-5-12-6-3-8/h8-9,12H,2-7H2,1H3,(H,13,15). The molecule has 2 aliphatic heterocycles. The predicted octanol–water partition coefficient (Wildman–Crippen LogP) is -0.667. The molecule has 1 atom stereocenters. The molecular formula is C11H19N3O2. The molecule has 0 aromatic carbocycles. The van der Waals surface area contributed by atoms with Crippen LogP contribution in [0.1, 0.15) is 19.3 Å². The maximum Gasteiger partial charge on any atom is 0.244 e. The van der Waals surface area contributed by atoms with E-state index in [0.29, 0.717) is 0 Å². The van der Waals surface area contributed by atoms with Gasteiger partial charge >= 0.3 is 0 Å². The zero-order valence-electron chi connectivity index (χ0n) is 9.66. The summed E-state index contributed by atoms with van der Waals surface area (Å²) in [6.07, 6.45) is 2.50. The van der Waals surface area contributed by atoms with E-state index in [9.17, 15) is 9.59 Å². The number of rotatable bonds is 2. The Morgan fingerprint density at radius 1 is 1.38 bits per heavy atom. The first kappa shape index (κ1) is 11.4. The van der Waals surface area contributed by atoms with Gasteiger partial charge in [-0.3, -0.25) is 9.59 Å². The molecule has 2 fully saturated rings. The Bertz CT molecular complexity index is 287. The second-order valence-electron chi connectivity index (χ2n) is 4.63. The average molecular weight is 225 g/mol. The molecule has 2 saturated heterocycles. The largest absolute Gasteiger partial charge is 0.344 e. The van der Waals surface area contributed by atoms with E-state index in [-0.39, 0.29) is 23.8 Å². The second kappa shape index (κ2) is 4.82. The van der Waals surface area contributed by atoms with Crippen LogP contribution in [0.4, 0.5) is 0 Å². The number of hydrogen-bond donors (Lipinski definition) is 2. The van der Waals surface area contributed by atoms with Crippen LogP contribution in [-0.4, -0.2) is 49.4 Å². The van der Waals surface area contributed by atoms with Gasteiger partial charge in [0.2, 0.25) is 11.8 Å². The number of nitrogens with zero attached hydrogens (tertiary/aromatic N) is 1. The summed E-state index contributed by atoms with van der Waals surface area (Å²) in [6, 6.07) is -0.285. The van der Waals surface area contributed by atoms with Gasteiger partial charge in [0.05, 0.1) is 0 Å². The van der Waals surface area contributed by atoms with Gasteiger partial charge in [-0.2, -0.15) is 0 Å². The van der Waals surface area contributed by atoms with E-state index >= 15 is 0 Å². The summed E-state index contributed by atoms with van der Waals surface area (Å²) in [7, 11) is 1.78. The highest BCUT2D eigenvalue weighted by Crippen LogP contribution is 2.14. The first-order chi connectivity index (χ1) is 7.68. The maximum atomic E-state index is 11.9. The van der Waals surface area contributed by atoms with Crippen LogP contribution in [0.2, 0.25) is 0 Å². The van der Waals surface area contributed by atoms with Crippen molar-refractivity contribution in [3.05, 3.63) is 0 Å². The monoisotopic (exact) mass is 225 g/mol. The van der Waals surface area contributed by atoms with E-state index < -0.39 is 0 Å². The lowest BCUT2D eigenvalue weighted by Gasteiger charge is -2.23. The first-order valence-corrected chi connectivity index (χ1v) is 5.94. The fraction of sp³-hybridized carbons (Fsp3) is 0.818. The van der Waals surface area contributed by atoms with Crippen LogP contribution < -0.4 is 10.6 Å². The molecule has 16 heavy (non-hydrogen) atoms. The highest BCUT2D eigenvalue weighted by molar-refractivity contribution is 5.89. The van der Waals surface area contributed by atoms with Crippen molar-refractivity contribution in [3.63, 3.8) is 0 Å². The van der Waals surface area contributed by atoms with Gasteiger partial charge in [-0.25, -0.2) is 0 Å². The van der Waals surface area contributed by atoms with Crippen molar-refractivity contribution in [2.45, 2.75) is 25.3 Å². The van der Waals surface area contributed by atoms with Crippen LogP contribution in [-0.2, 0) is 9.59 Å². The SMILES string of the molecule is CN1CCC(NC(=O)C2CCNCC2)C1=O. The third-order valence-corrected chi connectivity index (χ3v) is 3.45. The van der Waals surface area contributed by atoms with Crippen LogP contribution in [0.3, 0.4) is 0 Å². The molecule has 0 radical (unpaired) electrons. The Kier molecular flexibility index (Phi) is 3.43. The molecule has 90 valence electrons. The average Bonchev–Trinajstić information content (AvgIpc) is 2.62. The molecule has 2 heterocycles. The van der Waals surface area contributed by atoms with Crippen molar-refractivity contribution >= 4 is 11.8 Å². The van der Waals surface area contributed by atoms with E-state index in [0.717, 1.165) is 38.9 Å². The van der Waals surface area contributed by atoms with E-state index in [1.165, 1.54) is 0 Å². The van der Waals surface area contributed by atoms with Crippen molar-refractivity contribution < 1.29 is 9.59 Å². The number of carbonyl (C=O) groups excluding carboxylic acids is 2. The Morgan fingerprint density at radius 2 is 2.06 bits per heavy atom. The molecule has 0 aliphatic carbocycles. The topological polar surface area (TPSA) is 61.4 Å². The lowest BCUT2D eigenvalue weighted by molar-refractivity contribution is -0.133. The van der Waals surface area contributed by atoms with Crippen LogP contribution in [0.15, 0.2) is 0 Å². The summed E-state index contributed by atoms with van der Waals surface area (Å²) >= 11 is 0. The van der Waals surface area contributed by atoms with Crippen LogP contribution in [0, 0.1) is 5.92 Å². The number of amides is 2. The van der Waals surface area contributed by atoms with Crippen LogP contribution in [0.25, 0.3) is 0 Å². The third kappa shape index (κ3) is 2.35. The Labute approximate surface area is 95.6 Å². The van der Waals surface area contributed by atoms with Crippen molar-refractivity contribution in [1.29, 1.82) is 0 Å². The lowest BCUT2D eigenvalue weighted by atomic mass is 9.97. The van der Waals surface area contributed by atoms with E-state index in [1.807, 2.05) is 0 Å². The van der Waals surface area contributed by atoms with Crippen molar-refractivity contribution in [1.82, 2.24) is 15.5 Å². The summed E-state index contributed by atoms with van der Waals surface area (Å²) in [5.41, 5.74) is 0. The Balaban J connectivity index is 1.84. The highest BCUT2D eigenvalue weighted by Gasteiger charge is 2.32. The van der Waals surface area contributed by atoms with Crippen molar-refractivity contribution in [2.75, 3.05) is 26.7 Å². The third-order valence-electron chi connectivity index (χ3n) is 3.45. The van der Waals surface area contributed by atoms with Gasteiger partial charge in [-0.05, 0) is 32.4 Å². The Morgan fingerprint density at radius 3 is 2.62 bits per heavy atom. The van der Waals surface area contributed by atoms with Gasteiger partial charge in [-0.15, -0.1) is 0 Å². The van der Waals surface area contributed by atoms with Crippen LogP contribution >= 0.6 is 0 Å². The number of piperidine rings is 1. The number of likely N-dealkylation sites (N-methyl/N-ethyl adjacent to an activating group) is 1. The summed E-state index contributed by atoms with van der Waals surface area (Å²) in [4.78, 5) is 25.2. The maximum absolute atomic E-state index is 11.9. The summed E-state index contributed by atoms with van der Waals surface area (Å²) in [6.45, 7) is 2.54. The highest BCUT2D eigenvalue weighted by atomic mass is 16.2. The van der Waals surface area contributed by atoms with Gasteiger partial charge in [0, 0.05) is 19.5 Å². The number of carbonyl (C=O) groups is 2. The molecule has 5 heteroatoms. The first-order valence-electron chi connectivity index (χ1n) is 5.94. The number of likely N-dealkylation sites (tertiary alicyclic amines) is 1. The molecule has 1 unspecified atom stereocenters. The molecule has 0 bridgehead atoms. The normalized spacial score (nSPS) is 27.2. The summed E-state index contributed by atoms with van der Waals surface area (Å²) in [5.74, 6) is 0.178. The quantitative estimate of drug-likeness (QED) is 0.655. The van der Waals surface area contributed by atoms with Gasteiger partial charge in [-0.1, -0.05) is 0 Å². The Hall–Kier alpha value is -1.10. The molecule has 2 rings (SSSR count). The molecule has 2 amide bonds. The van der Waals surface area contributed by atoms with Gasteiger partial charge in [0.1, 0.15) is 6.04 Å². The van der Waals surface area contributed by atoms with Gasteiger partial charge in [0.25, 0.3) is 0 Å². The lowest BCUT2D eigenvalue weighted by Crippen LogP contribution is -2.45. The minimum Gasteiger partial charge on any atom is -0.344 e. The molecule has 2 aliphatic rings. The fourth-order valence-corrected chi connectivity index (χ4v) is 2.33. The summed E-state index contributed by atoms with van der Waals surface area (Å²) < 4.78 is 0. The molecule has 0 saturated carbocycles. The van der Waals surface area contributed by atoms with E-state index in [2.05, 4.69) is 10.6 Å². The minimum atomic E-state index is -0.285. The predicted molar refractivity (Wildman–Crippen MR) is 59.8 cm³/mol. The van der Waals surface area contributed by atoms with Crippen LogP contribution in [0.5, 0.6) is 0 Å². The smallest absolute Gasteiger partial charge is 0.244 e. The molecule has 5 nitrogen and oxygen atoms in total. The van der Waals surface area contributed by atoms with Crippen molar-refractivity contribution in [3.8, 4) is 0 Å². The van der Waals surface area contributed by atoms with E-state index in [4.69, 9.17) is 0 Å². The molecule has 0 spiro atoms. The van der Waals surface area contributed by atoms with E-state index in [1.54, 1.807) is 11.9 Å². The molecular weight excluding hydrogens is 206 g/mol. The van der Waals surface area contributed by atoms with Gasteiger partial charge < -0.3 is 15.5 Å². The zero-order valence-corrected chi connectivity index (χ0v) is 9.66. The zero-order chi connectivity index (χ0) is 11.5. The van der Waals surface area contributed by atoms with Crippen molar-refractivity contribution in [2.24, 2.45) is 5.92 Å². The number of nitrogens with one attached hydrogen (secondary N) is 2. The van der Waals surface area contributed by atoms with Gasteiger partial charge in [0.15, 0.2) is 0 Å². The molecule has 0 aromatic heterocycles.